The minimum atomic E-state index is -0.168. The normalized spacial score (nSPS) is 11.4. The lowest BCUT2D eigenvalue weighted by atomic mass is 9.90. The number of carbonyl (C=O) groups excluding carboxylic acids is 1. The highest BCUT2D eigenvalue weighted by molar-refractivity contribution is 7.18. The number of hydrogen-bond donors (Lipinski definition) is 2. The largest absolute Gasteiger partial charge is 0.385 e. The highest BCUT2D eigenvalue weighted by Crippen LogP contribution is 2.27. The molecular formula is C13H24N4O2S. The van der Waals surface area contributed by atoms with Gasteiger partial charge in [-0.2, -0.15) is 0 Å². The average Bonchev–Trinajstić information content (AvgIpc) is 2.76. The Kier molecular flexibility index (Phi) is 5.76. The predicted octanol–water partition coefficient (Wildman–Crippen LogP) is 1.58. The summed E-state index contributed by atoms with van der Waals surface area (Å²) in [4.78, 5) is 18.6. The Morgan fingerprint density at radius 3 is 2.65 bits per heavy atom. The molecule has 0 aliphatic carbocycles. The van der Waals surface area contributed by atoms with Gasteiger partial charge in [0.15, 0.2) is 5.13 Å². The molecule has 0 aromatic carbocycles. The molecule has 0 saturated heterocycles. The fraction of sp³-hybridized carbons (Fsp3) is 0.692. The van der Waals surface area contributed by atoms with E-state index in [4.69, 9.17) is 10.5 Å². The Hall–Kier alpha value is -1.34. The van der Waals surface area contributed by atoms with Gasteiger partial charge in [-0.3, -0.25) is 4.79 Å². The highest BCUT2D eigenvalue weighted by atomic mass is 32.1. The molecule has 0 fully saturated rings. The maximum absolute atomic E-state index is 12.2. The molecule has 0 spiro atoms. The smallest absolute Gasteiger partial charge is 0.265 e. The van der Waals surface area contributed by atoms with Crippen LogP contribution in [0.4, 0.5) is 10.9 Å². The van der Waals surface area contributed by atoms with Crippen molar-refractivity contribution >= 4 is 28.2 Å². The summed E-state index contributed by atoms with van der Waals surface area (Å²) in [5.41, 5.74) is 5.77. The first-order valence-electron chi connectivity index (χ1n) is 6.47. The summed E-state index contributed by atoms with van der Waals surface area (Å²) in [6, 6.07) is 0. The summed E-state index contributed by atoms with van der Waals surface area (Å²) in [5, 5.41) is 3.65. The number of amides is 1. The van der Waals surface area contributed by atoms with Gasteiger partial charge in [0.2, 0.25) is 0 Å². The van der Waals surface area contributed by atoms with Gasteiger partial charge in [0.05, 0.1) is 0 Å². The van der Waals surface area contributed by atoms with Crippen molar-refractivity contribution < 1.29 is 9.53 Å². The van der Waals surface area contributed by atoms with E-state index in [9.17, 15) is 4.79 Å². The Balaban J connectivity index is 2.63. The van der Waals surface area contributed by atoms with Crippen LogP contribution in [0, 0.1) is 5.41 Å². The first-order valence-corrected chi connectivity index (χ1v) is 7.29. The maximum atomic E-state index is 12.2. The van der Waals surface area contributed by atoms with Gasteiger partial charge < -0.3 is 20.7 Å². The number of ether oxygens (including phenoxy) is 1. The first kappa shape index (κ1) is 16.7. The maximum Gasteiger partial charge on any atom is 0.265 e. The molecule has 0 aliphatic rings. The van der Waals surface area contributed by atoms with Crippen molar-refractivity contribution in [1.82, 2.24) is 10.3 Å². The zero-order chi connectivity index (χ0) is 15.3. The van der Waals surface area contributed by atoms with Crippen molar-refractivity contribution in [3.05, 3.63) is 4.88 Å². The van der Waals surface area contributed by atoms with E-state index >= 15 is 0 Å². The van der Waals surface area contributed by atoms with Gasteiger partial charge >= 0.3 is 0 Å². The van der Waals surface area contributed by atoms with E-state index in [1.807, 2.05) is 19.0 Å². The Morgan fingerprint density at radius 2 is 2.15 bits per heavy atom. The van der Waals surface area contributed by atoms with Crippen molar-refractivity contribution in [3.63, 3.8) is 0 Å². The second-order valence-corrected chi connectivity index (χ2v) is 6.67. The molecule has 7 heteroatoms. The average molecular weight is 300 g/mol. The topological polar surface area (TPSA) is 80.5 Å². The number of methoxy groups -OCH3 is 1. The lowest BCUT2D eigenvalue weighted by Gasteiger charge is -2.24. The summed E-state index contributed by atoms with van der Waals surface area (Å²) in [6.07, 6.45) is 0.880. The van der Waals surface area contributed by atoms with E-state index in [-0.39, 0.29) is 17.1 Å². The van der Waals surface area contributed by atoms with Crippen LogP contribution < -0.4 is 16.0 Å². The molecule has 1 aromatic heterocycles. The van der Waals surface area contributed by atoms with Gasteiger partial charge in [-0.05, 0) is 11.8 Å². The van der Waals surface area contributed by atoms with E-state index < -0.39 is 0 Å². The molecule has 0 unspecified atom stereocenters. The molecule has 6 nitrogen and oxygen atoms in total. The highest BCUT2D eigenvalue weighted by Gasteiger charge is 2.22. The van der Waals surface area contributed by atoms with E-state index in [1.54, 1.807) is 7.11 Å². The number of thiazole rings is 1. The van der Waals surface area contributed by atoms with E-state index in [0.29, 0.717) is 18.0 Å². The van der Waals surface area contributed by atoms with E-state index in [2.05, 4.69) is 24.1 Å². The zero-order valence-electron chi connectivity index (χ0n) is 12.8. The standard InChI is InChI=1S/C13H24N4O2S/c1-13(2,6-7-19-5)8-15-11(18)9-10(14)16-12(20-9)17(3)4/h6-8,14H2,1-5H3,(H,15,18). The quantitative estimate of drug-likeness (QED) is 0.799. The molecule has 1 amide bonds. The Morgan fingerprint density at radius 1 is 1.50 bits per heavy atom. The van der Waals surface area contributed by atoms with Crippen LogP contribution in [0.3, 0.4) is 0 Å². The van der Waals surface area contributed by atoms with Crippen LogP contribution in [0.5, 0.6) is 0 Å². The number of nitrogen functional groups attached to an aromatic ring is 1. The molecule has 0 bridgehead atoms. The minimum Gasteiger partial charge on any atom is -0.385 e. The van der Waals surface area contributed by atoms with Crippen molar-refractivity contribution in [3.8, 4) is 0 Å². The van der Waals surface area contributed by atoms with Gasteiger partial charge in [-0.15, -0.1) is 0 Å². The number of aromatic nitrogens is 1. The number of nitrogens with one attached hydrogen (secondary N) is 1. The number of anilines is 2. The molecule has 0 radical (unpaired) electrons. The van der Waals surface area contributed by atoms with Gasteiger partial charge in [-0.25, -0.2) is 4.98 Å². The predicted molar refractivity (Wildman–Crippen MR) is 83.5 cm³/mol. The fourth-order valence-electron chi connectivity index (χ4n) is 1.54. The number of carbonyl (C=O) groups is 1. The van der Waals surface area contributed by atoms with Gasteiger partial charge in [-0.1, -0.05) is 25.2 Å². The van der Waals surface area contributed by atoms with E-state index in [0.717, 1.165) is 11.6 Å². The van der Waals surface area contributed by atoms with Crippen LogP contribution in [0.1, 0.15) is 29.9 Å². The third kappa shape index (κ3) is 4.64. The number of nitrogens with zero attached hydrogens (tertiary/aromatic N) is 2. The first-order chi connectivity index (χ1) is 9.26. The Labute approximate surface area is 124 Å². The van der Waals surface area contributed by atoms with Crippen LogP contribution >= 0.6 is 11.3 Å². The van der Waals surface area contributed by atoms with Gasteiger partial charge in [0.1, 0.15) is 10.7 Å². The van der Waals surface area contributed by atoms with Crippen molar-refractivity contribution in [2.45, 2.75) is 20.3 Å². The third-order valence-corrected chi connectivity index (χ3v) is 4.18. The number of hydrogen-bond acceptors (Lipinski definition) is 6. The molecular weight excluding hydrogens is 276 g/mol. The van der Waals surface area contributed by atoms with Crippen LogP contribution in [0.2, 0.25) is 0 Å². The second-order valence-electron chi connectivity index (χ2n) is 5.69. The van der Waals surface area contributed by atoms with Crippen molar-refractivity contribution in [2.75, 3.05) is 45.0 Å². The van der Waals surface area contributed by atoms with Crippen molar-refractivity contribution in [2.24, 2.45) is 5.41 Å². The third-order valence-electron chi connectivity index (χ3n) is 2.94. The van der Waals surface area contributed by atoms with Gasteiger partial charge in [0, 0.05) is 34.4 Å². The van der Waals surface area contributed by atoms with Crippen LogP contribution in [-0.4, -0.2) is 45.2 Å². The SMILES string of the molecule is COCCC(C)(C)CNC(=O)c1sc(N(C)C)nc1N. The monoisotopic (exact) mass is 300 g/mol. The van der Waals surface area contributed by atoms with E-state index in [1.165, 1.54) is 11.3 Å². The lowest BCUT2D eigenvalue weighted by Crippen LogP contribution is -2.34. The zero-order valence-corrected chi connectivity index (χ0v) is 13.6. The Bertz CT molecular complexity index is 457. The molecule has 3 N–H and O–H groups in total. The summed E-state index contributed by atoms with van der Waals surface area (Å²) >= 11 is 1.30. The molecule has 1 rings (SSSR count). The summed E-state index contributed by atoms with van der Waals surface area (Å²) in [5.74, 6) is 0.115. The van der Waals surface area contributed by atoms with Crippen molar-refractivity contribution in [1.29, 1.82) is 0 Å². The molecule has 1 aromatic rings. The molecule has 114 valence electrons. The summed E-state index contributed by atoms with van der Waals surface area (Å²) in [6.45, 7) is 5.43. The van der Waals surface area contributed by atoms with Gasteiger partial charge in [0.25, 0.3) is 5.91 Å². The molecule has 20 heavy (non-hydrogen) atoms. The van der Waals surface area contributed by atoms with Crippen LogP contribution in [0.25, 0.3) is 0 Å². The molecule has 0 saturated carbocycles. The van der Waals surface area contributed by atoms with Crippen LogP contribution in [0.15, 0.2) is 0 Å². The fourth-order valence-corrected chi connectivity index (χ4v) is 2.36. The summed E-state index contributed by atoms with van der Waals surface area (Å²) < 4.78 is 5.07. The second kappa shape index (κ2) is 6.90. The lowest BCUT2D eigenvalue weighted by molar-refractivity contribution is 0.0925. The number of rotatable bonds is 7. The molecule has 0 atom stereocenters. The van der Waals surface area contributed by atoms with Crippen LogP contribution in [-0.2, 0) is 4.74 Å². The minimum absolute atomic E-state index is 0.0184. The number of nitrogens with two attached hydrogens (primary N) is 1. The summed E-state index contributed by atoms with van der Waals surface area (Å²) in [7, 11) is 5.41. The molecule has 0 aliphatic heterocycles. The molecule has 1 heterocycles.